The molecule has 0 spiro atoms. The van der Waals surface area contributed by atoms with Gasteiger partial charge in [-0.3, -0.25) is 9.80 Å². The molecule has 208 valence electrons. The summed E-state index contributed by atoms with van der Waals surface area (Å²) < 4.78 is 23.2. The second-order valence-electron chi connectivity index (χ2n) is 11.1. The lowest BCUT2D eigenvalue weighted by Crippen LogP contribution is -2.63. The number of rotatable bonds is 6. The van der Waals surface area contributed by atoms with Gasteiger partial charge in [-0.2, -0.15) is 5.10 Å². The van der Waals surface area contributed by atoms with Crippen LogP contribution in [0.2, 0.25) is 0 Å². The van der Waals surface area contributed by atoms with Crippen LogP contribution in [0.5, 0.6) is 11.5 Å². The summed E-state index contributed by atoms with van der Waals surface area (Å²) in [4.78, 5) is 13.5. The van der Waals surface area contributed by atoms with Crippen LogP contribution in [0.25, 0.3) is 22.3 Å². The minimum atomic E-state index is -0.801. The van der Waals surface area contributed by atoms with E-state index in [2.05, 4.69) is 25.1 Å². The van der Waals surface area contributed by atoms with Gasteiger partial charge in [0.25, 0.3) is 0 Å². The van der Waals surface area contributed by atoms with E-state index in [0.717, 1.165) is 85.8 Å². The Morgan fingerprint density at radius 2 is 1.57 bits per heavy atom. The molecule has 0 bridgehead atoms. The number of nitrogens with zero attached hydrogens (tertiary/aromatic N) is 6. The molecule has 40 heavy (non-hydrogen) atoms. The van der Waals surface area contributed by atoms with Crippen LogP contribution in [0.3, 0.4) is 0 Å². The first-order valence-electron chi connectivity index (χ1n) is 14.3. The lowest BCUT2D eigenvalue weighted by molar-refractivity contribution is -0.00460. The molecular formula is C30H35FN8O. The summed E-state index contributed by atoms with van der Waals surface area (Å²) in [5.41, 5.74) is 8.81. The van der Waals surface area contributed by atoms with Crippen LogP contribution in [0.4, 0.5) is 10.2 Å². The van der Waals surface area contributed by atoms with Crippen LogP contribution in [-0.4, -0.2) is 87.1 Å². The third-order valence-corrected chi connectivity index (χ3v) is 8.75. The Hall–Kier alpha value is -3.60. The third-order valence-electron chi connectivity index (χ3n) is 8.75. The summed E-state index contributed by atoms with van der Waals surface area (Å²) in [6.07, 6.45) is 3.38. The molecule has 2 aromatic heterocycles. The fourth-order valence-corrected chi connectivity index (χ4v) is 6.41. The molecule has 2 atom stereocenters. The fourth-order valence-electron chi connectivity index (χ4n) is 6.41. The van der Waals surface area contributed by atoms with Gasteiger partial charge < -0.3 is 15.8 Å². The van der Waals surface area contributed by atoms with E-state index >= 15 is 4.39 Å². The number of likely N-dealkylation sites (tertiary alicyclic amines) is 2. The molecule has 7 rings (SSSR count). The van der Waals surface area contributed by atoms with Gasteiger partial charge in [0.05, 0.1) is 11.4 Å². The van der Waals surface area contributed by atoms with Gasteiger partial charge in [-0.15, -0.1) is 0 Å². The van der Waals surface area contributed by atoms with E-state index in [1.54, 1.807) is 0 Å². The largest absolute Gasteiger partial charge is 0.457 e. The van der Waals surface area contributed by atoms with Crippen LogP contribution in [-0.2, 0) is 0 Å². The maximum atomic E-state index is 15.3. The molecule has 3 aliphatic rings. The number of piperidine rings is 2. The van der Waals surface area contributed by atoms with Gasteiger partial charge in [-0.05, 0) is 55.7 Å². The van der Waals surface area contributed by atoms with Gasteiger partial charge in [0.2, 0.25) is 0 Å². The Morgan fingerprint density at radius 1 is 0.850 bits per heavy atom. The number of para-hydroxylation sites is 1. The van der Waals surface area contributed by atoms with E-state index in [9.17, 15) is 0 Å². The Kier molecular flexibility index (Phi) is 6.82. The van der Waals surface area contributed by atoms with E-state index in [0.29, 0.717) is 18.4 Å². The molecule has 0 aliphatic carbocycles. The molecule has 0 saturated carbocycles. The van der Waals surface area contributed by atoms with Gasteiger partial charge in [0.15, 0.2) is 5.65 Å². The minimum absolute atomic E-state index is 0.00440. The van der Waals surface area contributed by atoms with Crippen LogP contribution in [0, 0.1) is 0 Å². The summed E-state index contributed by atoms with van der Waals surface area (Å²) in [5, 5.41) is 9.11. The number of hydrogen-bond donors (Lipinski definition) is 2. The quantitative estimate of drug-likeness (QED) is 0.379. The van der Waals surface area contributed by atoms with Crippen molar-refractivity contribution in [3.05, 3.63) is 60.9 Å². The van der Waals surface area contributed by atoms with Gasteiger partial charge in [0, 0.05) is 56.9 Å². The Balaban J connectivity index is 1.08. The molecule has 3 aliphatic heterocycles. The summed E-state index contributed by atoms with van der Waals surface area (Å²) in [5.74, 6) is 1.95. The summed E-state index contributed by atoms with van der Waals surface area (Å²) in [6, 6.07) is 18.2. The zero-order valence-electron chi connectivity index (χ0n) is 22.5. The lowest BCUT2D eigenvalue weighted by atomic mass is 9.95. The van der Waals surface area contributed by atoms with Gasteiger partial charge >= 0.3 is 0 Å². The zero-order valence-corrected chi connectivity index (χ0v) is 22.5. The number of benzene rings is 2. The first-order valence-corrected chi connectivity index (χ1v) is 14.3. The molecule has 0 radical (unpaired) electrons. The SMILES string of the molecule is Nc1ncnc2c1c(-c1ccc(Oc3ccccc3)cc1)nn2C1CCN(C2CCN(C3CNC3)CC2F)CC1. The number of fused-ring (bicyclic) bond motifs is 1. The molecule has 10 heteroatoms. The number of nitrogens with one attached hydrogen (secondary N) is 1. The molecule has 0 amide bonds. The topological polar surface area (TPSA) is 97.4 Å². The fraction of sp³-hybridized carbons (Fsp3) is 0.433. The third kappa shape index (κ3) is 4.80. The number of aromatic nitrogens is 4. The molecule has 3 saturated heterocycles. The number of anilines is 1. The number of hydrogen-bond acceptors (Lipinski definition) is 8. The maximum absolute atomic E-state index is 15.3. The van der Waals surface area contributed by atoms with Crippen LogP contribution in [0.1, 0.15) is 25.3 Å². The Bertz CT molecular complexity index is 1450. The monoisotopic (exact) mass is 542 g/mol. The highest BCUT2D eigenvalue weighted by atomic mass is 19.1. The van der Waals surface area contributed by atoms with Gasteiger partial charge in [-0.1, -0.05) is 18.2 Å². The molecular weight excluding hydrogens is 507 g/mol. The highest BCUT2D eigenvalue weighted by molar-refractivity contribution is 5.98. The van der Waals surface area contributed by atoms with E-state index in [4.69, 9.17) is 15.6 Å². The molecule has 3 N–H and O–H groups in total. The van der Waals surface area contributed by atoms with Crippen molar-refractivity contribution in [3.8, 4) is 22.8 Å². The standard InChI is InChI=1S/C30H35FN8O/c31-25-18-38(22-16-33-17-22)15-12-26(25)37-13-10-21(11-14-37)39-30-27(29(32)34-19-35-30)28(36-39)20-6-8-24(9-7-20)40-23-4-2-1-3-5-23/h1-9,19,21-22,25-26,33H,10-18H2,(H2,32,34,35). The number of alkyl halides is 1. The minimum Gasteiger partial charge on any atom is -0.457 e. The highest BCUT2D eigenvalue weighted by Gasteiger charge is 2.38. The normalized spacial score (nSPS) is 23.3. The van der Waals surface area contributed by atoms with Crippen molar-refractivity contribution in [3.63, 3.8) is 0 Å². The van der Waals surface area contributed by atoms with Crippen LogP contribution in [0.15, 0.2) is 60.9 Å². The van der Waals surface area contributed by atoms with Crippen molar-refractivity contribution in [1.82, 2.24) is 34.9 Å². The predicted octanol–water partition coefficient (Wildman–Crippen LogP) is 3.89. The molecule has 5 heterocycles. The lowest BCUT2D eigenvalue weighted by Gasteiger charge is -2.47. The van der Waals surface area contributed by atoms with Crippen LogP contribution < -0.4 is 15.8 Å². The molecule has 2 unspecified atom stereocenters. The molecule has 3 fully saturated rings. The smallest absolute Gasteiger partial charge is 0.164 e. The number of ether oxygens (including phenoxy) is 1. The van der Waals surface area contributed by atoms with Crippen molar-refractivity contribution in [1.29, 1.82) is 0 Å². The second-order valence-corrected chi connectivity index (χ2v) is 11.1. The van der Waals surface area contributed by atoms with Crippen molar-refractivity contribution in [2.75, 3.05) is 45.0 Å². The number of nitrogens with two attached hydrogens (primary N) is 1. The average molecular weight is 543 g/mol. The molecule has 4 aromatic rings. The van der Waals surface area contributed by atoms with E-state index < -0.39 is 6.17 Å². The molecule has 9 nitrogen and oxygen atoms in total. The van der Waals surface area contributed by atoms with Gasteiger partial charge in [0.1, 0.15) is 35.5 Å². The van der Waals surface area contributed by atoms with Crippen LogP contribution >= 0.6 is 0 Å². The van der Waals surface area contributed by atoms with Crippen molar-refractivity contribution in [2.24, 2.45) is 0 Å². The zero-order chi connectivity index (χ0) is 27.1. The second kappa shape index (κ2) is 10.8. The van der Waals surface area contributed by atoms with E-state index in [-0.39, 0.29) is 12.1 Å². The van der Waals surface area contributed by atoms with Crippen molar-refractivity contribution in [2.45, 2.75) is 43.6 Å². The summed E-state index contributed by atoms with van der Waals surface area (Å²) in [6.45, 7) is 5.21. The number of nitrogen functional groups attached to an aromatic ring is 1. The van der Waals surface area contributed by atoms with Gasteiger partial charge in [-0.25, -0.2) is 19.0 Å². The molecule has 2 aromatic carbocycles. The average Bonchev–Trinajstić information content (AvgIpc) is 3.34. The Labute approximate surface area is 233 Å². The summed E-state index contributed by atoms with van der Waals surface area (Å²) in [7, 11) is 0. The first-order chi connectivity index (χ1) is 19.6. The predicted molar refractivity (Wildman–Crippen MR) is 153 cm³/mol. The highest BCUT2D eigenvalue weighted by Crippen LogP contribution is 2.36. The van der Waals surface area contributed by atoms with Crippen molar-refractivity contribution >= 4 is 16.9 Å². The van der Waals surface area contributed by atoms with E-state index in [1.807, 2.05) is 59.3 Å². The number of halogens is 1. The first kappa shape index (κ1) is 25.4. The van der Waals surface area contributed by atoms with E-state index in [1.165, 1.54) is 6.33 Å². The Morgan fingerprint density at radius 3 is 2.27 bits per heavy atom. The summed E-state index contributed by atoms with van der Waals surface area (Å²) >= 11 is 0. The maximum Gasteiger partial charge on any atom is 0.164 e. The van der Waals surface area contributed by atoms with Crippen molar-refractivity contribution < 1.29 is 9.13 Å².